The largest absolute Gasteiger partial charge is 4.00 e. The minimum absolute atomic E-state index is 0. The Morgan fingerprint density at radius 2 is 0.294 bits per heavy atom. The first-order valence-electron chi connectivity index (χ1n) is 2.27. The molecule has 0 aromatic carbocycles. The van der Waals surface area contributed by atoms with Gasteiger partial charge in [0.2, 0.25) is 0 Å². The van der Waals surface area contributed by atoms with Gasteiger partial charge < -0.3 is 52.7 Å². The molecule has 0 aromatic heterocycles. The molecule has 0 saturated heterocycles. The molecule has 0 amide bonds. The van der Waals surface area contributed by atoms with E-state index in [4.69, 9.17) is 0 Å². The minimum atomic E-state index is -3.08. The van der Waals surface area contributed by atoms with Gasteiger partial charge in [0.05, 0.1) is 0 Å². The molecule has 110 valence electrons. The molecule has 0 aromatic rings. The van der Waals surface area contributed by atoms with Crippen LogP contribution in [0.3, 0.4) is 0 Å². The third-order valence-electron chi connectivity index (χ3n) is 0. The van der Waals surface area contributed by atoms with E-state index in [2.05, 4.69) is 0 Å². The Hall–Kier alpha value is -0.152. The number of hydrogen-bond donors (Lipinski definition) is 0. The molecule has 0 spiro atoms. The maximum atomic E-state index is 9.58. The van der Waals surface area contributed by atoms with Gasteiger partial charge in [-0.2, -0.15) is 0 Å². The van der Waals surface area contributed by atoms with Gasteiger partial charge in [-0.25, -0.2) is 0 Å². The molecule has 17 heavy (non-hydrogen) atoms. The Kier molecular flexibility index (Phi) is 44.1. The summed E-state index contributed by atoms with van der Waals surface area (Å²) in [6.45, 7) is -12.3. The van der Waals surface area contributed by atoms with Crippen molar-refractivity contribution in [3.05, 3.63) is 26.7 Å². The van der Waals surface area contributed by atoms with Crippen LogP contribution in [0.2, 0.25) is 0 Å². The normalized spacial score (nSPS) is 8.47. The van der Waals surface area contributed by atoms with E-state index in [1.54, 1.807) is 0 Å². The summed E-state index contributed by atoms with van der Waals surface area (Å²) in [5.41, 5.74) is 0. The Morgan fingerprint density at radius 3 is 0.294 bits per heavy atom. The van der Waals surface area contributed by atoms with Crippen LogP contribution in [0.4, 0.5) is 52.7 Å². The van der Waals surface area contributed by atoms with Crippen molar-refractivity contribution in [2.45, 2.75) is 0 Å². The van der Waals surface area contributed by atoms with E-state index < -0.39 is 26.7 Å². The number of rotatable bonds is 0. The first-order valence-corrected chi connectivity index (χ1v) is 2.27. The molecule has 0 heterocycles. The molecule has 0 bridgehead atoms. The van der Waals surface area contributed by atoms with Gasteiger partial charge in [-0.15, -0.1) is 0 Å². The number of halogens is 12. The van der Waals surface area contributed by atoms with Gasteiger partial charge >= 0.3 is 21.1 Å². The maximum absolute atomic E-state index is 9.58. The second-order valence-corrected chi connectivity index (χ2v) is 0.857. The van der Waals surface area contributed by atoms with Crippen LogP contribution in [0.5, 0.6) is 0 Å². The Morgan fingerprint density at radius 1 is 0.294 bits per heavy atom. The summed E-state index contributed by atoms with van der Waals surface area (Å²) in [7, 11) is 0. The smallest absolute Gasteiger partial charge is 0.385 e. The molecule has 0 unspecified atom stereocenters. The van der Waals surface area contributed by atoms with E-state index in [1.165, 1.54) is 0 Å². The zero-order valence-electron chi connectivity index (χ0n) is 6.85. The molecule has 0 rings (SSSR count). The van der Waals surface area contributed by atoms with Crippen LogP contribution in [0.1, 0.15) is 0 Å². The zero-order chi connectivity index (χ0) is 14.3. The second-order valence-electron chi connectivity index (χ2n) is 0.857. The molecule has 0 saturated carbocycles. The minimum Gasteiger partial charge on any atom is -0.385 e. The van der Waals surface area contributed by atoms with Crippen LogP contribution in [-0.4, -0.2) is 0 Å². The monoisotopic (exact) mass is 471 g/mol. The molecular formula is C4F12Pt. The summed E-state index contributed by atoms with van der Waals surface area (Å²) < 4.78 is 115. The molecular weight excluding hydrogens is 471 g/mol. The van der Waals surface area contributed by atoms with Crippen molar-refractivity contribution in [2.24, 2.45) is 0 Å². The van der Waals surface area contributed by atoms with Gasteiger partial charge in [0, 0.05) is 0 Å². The van der Waals surface area contributed by atoms with Crippen molar-refractivity contribution in [3.63, 3.8) is 0 Å². The summed E-state index contributed by atoms with van der Waals surface area (Å²) in [6, 6.07) is 0. The van der Waals surface area contributed by atoms with E-state index in [9.17, 15) is 52.7 Å². The predicted octanol–water partition coefficient (Wildman–Crippen LogP) is 5.37. The molecule has 0 nitrogen and oxygen atoms in total. The van der Waals surface area contributed by atoms with Gasteiger partial charge in [0.15, 0.2) is 26.7 Å². The van der Waals surface area contributed by atoms with E-state index >= 15 is 0 Å². The summed E-state index contributed by atoms with van der Waals surface area (Å²) in [6.07, 6.45) is 0. The quantitative estimate of drug-likeness (QED) is 0.330. The van der Waals surface area contributed by atoms with Gasteiger partial charge in [-0.1, -0.05) is 0 Å². The number of hydrogen-bond acceptors (Lipinski definition) is 0. The second kappa shape index (κ2) is 24.9. The van der Waals surface area contributed by atoms with Gasteiger partial charge in [0.25, 0.3) is 0 Å². The molecule has 0 N–H and O–H groups in total. The van der Waals surface area contributed by atoms with E-state index in [1.807, 2.05) is 0 Å². The first kappa shape index (κ1) is 30.1. The Balaban J connectivity index is -0.0000000369. The summed E-state index contributed by atoms with van der Waals surface area (Å²) in [4.78, 5) is 0. The standard InChI is InChI=1S/4CF3.Pt/c4*2-1(3)4;/q4*-1;+4. The van der Waals surface area contributed by atoms with E-state index in [-0.39, 0.29) is 21.1 Å². The predicted molar refractivity (Wildman–Crippen MR) is 26.3 cm³/mol. The molecule has 0 aliphatic rings. The van der Waals surface area contributed by atoms with Crippen molar-refractivity contribution in [1.82, 2.24) is 0 Å². The van der Waals surface area contributed by atoms with Crippen LogP contribution < -0.4 is 0 Å². The van der Waals surface area contributed by atoms with Crippen molar-refractivity contribution >= 4 is 0 Å². The van der Waals surface area contributed by atoms with Crippen LogP contribution in [-0.2, 0) is 21.1 Å². The van der Waals surface area contributed by atoms with Crippen molar-refractivity contribution in [2.75, 3.05) is 0 Å². The van der Waals surface area contributed by atoms with E-state index in [0.717, 1.165) is 0 Å². The molecule has 0 atom stereocenters. The van der Waals surface area contributed by atoms with Crippen LogP contribution in [0, 0.1) is 26.7 Å². The summed E-state index contributed by atoms with van der Waals surface area (Å²) >= 11 is 0. The van der Waals surface area contributed by atoms with Crippen molar-refractivity contribution in [1.29, 1.82) is 0 Å². The fraction of sp³-hybridized carbons (Fsp3) is 0. The third kappa shape index (κ3) is 132000. The van der Waals surface area contributed by atoms with Crippen molar-refractivity contribution in [3.8, 4) is 0 Å². The Bertz CT molecular complexity index is 61.5. The molecule has 0 fully saturated rings. The molecule has 0 aliphatic carbocycles. The summed E-state index contributed by atoms with van der Waals surface area (Å²) in [5, 5.41) is 0. The third-order valence-corrected chi connectivity index (χ3v) is 0. The topological polar surface area (TPSA) is 0 Å². The van der Waals surface area contributed by atoms with Gasteiger partial charge in [-0.05, 0) is 0 Å². The average Bonchev–Trinajstić information content (AvgIpc) is 1.76. The molecule has 0 radical (unpaired) electrons. The fourth-order valence-corrected chi connectivity index (χ4v) is 0. The van der Waals surface area contributed by atoms with Gasteiger partial charge in [0.1, 0.15) is 0 Å². The first-order chi connectivity index (χ1) is 6.93. The summed E-state index contributed by atoms with van der Waals surface area (Å²) in [5.74, 6) is 0. The average molecular weight is 471 g/mol. The fourth-order valence-electron chi connectivity index (χ4n) is 0. The molecule has 13 heteroatoms. The Labute approximate surface area is 101 Å². The van der Waals surface area contributed by atoms with Crippen LogP contribution in [0.15, 0.2) is 0 Å². The maximum Gasteiger partial charge on any atom is 4.00 e. The van der Waals surface area contributed by atoms with Crippen LogP contribution in [0.25, 0.3) is 0 Å². The SMILES string of the molecule is F[C-](F)F.F[C-](F)F.F[C-](F)F.F[C-](F)F.[Pt+4]. The molecule has 0 aliphatic heterocycles. The van der Waals surface area contributed by atoms with E-state index in [0.29, 0.717) is 0 Å². The van der Waals surface area contributed by atoms with Crippen LogP contribution >= 0.6 is 0 Å². The zero-order valence-corrected chi connectivity index (χ0v) is 9.12. The van der Waals surface area contributed by atoms with Gasteiger partial charge in [-0.3, -0.25) is 0 Å². The van der Waals surface area contributed by atoms with Crippen molar-refractivity contribution < 1.29 is 73.8 Å².